The third-order valence-electron chi connectivity index (χ3n) is 4.13. The number of carbonyl (C=O) groups is 1. The second kappa shape index (κ2) is 5.21. The van der Waals surface area contributed by atoms with Crippen molar-refractivity contribution in [3.8, 4) is 0 Å². The highest BCUT2D eigenvalue weighted by molar-refractivity contribution is 5.83. The van der Waals surface area contributed by atoms with Crippen LogP contribution in [0.5, 0.6) is 0 Å². The van der Waals surface area contributed by atoms with Gasteiger partial charge in [-0.15, -0.1) is 0 Å². The number of likely N-dealkylation sites (tertiary alicyclic amines) is 1. The highest BCUT2D eigenvalue weighted by Gasteiger charge is 2.43. The van der Waals surface area contributed by atoms with Crippen LogP contribution in [0.15, 0.2) is 24.3 Å². The zero-order valence-electron chi connectivity index (χ0n) is 11.8. The van der Waals surface area contributed by atoms with E-state index in [1.54, 1.807) is 0 Å². The van der Waals surface area contributed by atoms with E-state index in [4.69, 9.17) is 0 Å². The molecule has 1 heterocycles. The number of nitrogens with one attached hydrogen (secondary N) is 1. The van der Waals surface area contributed by atoms with Crippen molar-refractivity contribution in [3.63, 3.8) is 0 Å². The molecule has 0 aromatic heterocycles. The van der Waals surface area contributed by atoms with Gasteiger partial charge in [-0.3, -0.25) is 0 Å². The fourth-order valence-electron chi connectivity index (χ4n) is 2.62. The highest BCUT2D eigenvalue weighted by Crippen LogP contribution is 2.30. The number of piperidine rings is 1. The van der Waals surface area contributed by atoms with Crippen LogP contribution in [-0.2, 0) is 4.79 Å². The van der Waals surface area contributed by atoms with Crippen molar-refractivity contribution in [2.45, 2.75) is 38.3 Å². The summed E-state index contributed by atoms with van der Waals surface area (Å²) in [7, 11) is 2.04. The highest BCUT2D eigenvalue weighted by atomic mass is 16.4. The molecule has 0 radical (unpaired) electrons. The third-order valence-corrected chi connectivity index (χ3v) is 4.13. The molecule has 0 saturated carbocycles. The van der Waals surface area contributed by atoms with Crippen LogP contribution in [0.4, 0.5) is 5.69 Å². The summed E-state index contributed by atoms with van der Waals surface area (Å²) in [4.78, 5) is 13.9. The van der Waals surface area contributed by atoms with Gasteiger partial charge in [0.05, 0.1) is 0 Å². The van der Waals surface area contributed by atoms with E-state index in [-0.39, 0.29) is 6.04 Å². The Morgan fingerprint density at radius 1 is 1.42 bits per heavy atom. The number of nitrogens with zero attached hydrogens (tertiary/aromatic N) is 1. The molecule has 1 saturated heterocycles. The number of carboxylic acids is 1. The van der Waals surface area contributed by atoms with E-state index in [1.165, 1.54) is 5.56 Å². The minimum absolute atomic E-state index is 0.266. The van der Waals surface area contributed by atoms with E-state index in [0.29, 0.717) is 12.8 Å². The van der Waals surface area contributed by atoms with Crippen LogP contribution in [0, 0.1) is 6.92 Å². The smallest absolute Gasteiger partial charge is 0.329 e. The molecule has 0 bridgehead atoms. The number of benzene rings is 1. The summed E-state index contributed by atoms with van der Waals surface area (Å²) in [6.45, 7) is 4.90. The van der Waals surface area contributed by atoms with Crippen molar-refractivity contribution in [1.82, 2.24) is 4.90 Å². The van der Waals surface area contributed by atoms with Gasteiger partial charge in [-0.1, -0.05) is 17.7 Å². The van der Waals surface area contributed by atoms with Gasteiger partial charge in [-0.25, -0.2) is 4.79 Å². The molecule has 2 N–H and O–H groups in total. The van der Waals surface area contributed by atoms with Crippen molar-refractivity contribution < 1.29 is 9.90 Å². The zero-order valence-corrected chi connectivity index (χ0v) is 11.8. The summed E-state index contributed by atoms with van der Waals surface area (Å²) in [5.41, 5.74) is 1.21. The SMILES string of the molecule is Cc1ccc(NC2(C(=O)O)CCN(C)C(C)C2)cc1. The van der Waals surface area contributed by atoms with Crippen LogP contribution < -0.4 is 5.32 Å². The summed E-state index contributed by atoms with van der Waals surface area (Å²) in [5.74, 6) is -0.756. The van der Waals surface area contributed by atoms with Crippen LogP contribution >= 0.6 is 0 Å². The fourth-order valence-corrected chi connectivity index (χ4v) is 2.62. The first-order chi connectivity index (χ1) is 8.93. The van der Waals surface area contributed by atoms with Gasteiger partial charge in [0.2, 0.25) is 0 Å². The largest absolute Gasteiger partial charge is 0.480 e. The summed E-state index contributed by atoms with van der Waals surface area (Å²) >= 11 is 0. The summed E-state index contributed by atoms with van der Waals surface area (Å²) < 4.78 is 0. The normalized spacial score (nSPS) is 28.1. The molecule has 2 atom stereocenters. The summed E-state index contributed by atoms with van der Waals surface area (Å²) in [6.07, 6.45) is 1.24. The van der Waals surface area contributed by atoms with Crippen molar-refractivity contribution in [3.05, 3.63) is 29.8 Å². The average molecular weight is 262 g/mol. The second-order valence-electron chi connectivity index (χ2n) is 5.66. The standard InChI is InChI=1S/C15H22N2O2/c1-11-4-6-13(7-5-11)16-15(14(18)19)8-9-17(3)12(2)10-15/h4-7,12,16H,8-10H2,1-3H3,(H,18,19). The van der Waals surface area contributed by atoms with Gasteiger partial charge in [0.1, 0.15) is 5.54 Å². The predicted octanol–water partition coefficient (Wildman–Crippen LogP) is 2.34. The number of hydrogen-bond acceptors (Lipinski definition) is 3. The van der Waals surface area contributed by atoms with Gasteiger partial charge in [0.15, 0.2) is 0 Å². The van der Waals surface area contributed by atoms with E-state index in [0.717, 1.165) is 12.2 Å². The number of hydrogen-bond donors (Lipinski definition) is 2. The molecule has 0 spiro atoms. The lowest BCUT2D eigenvalue weighted by atomic mass is 9.83. The Morgan fingerprint density at radius 2 is 2.05 bits per heavy atom. The molecule has 1 aromatic rings. The van der Waals surface area contributed by atoms with Gasteiger partial charge in [0, 0.05) is 18.3 Å². The quantitative estimate of drug-likeness (QED) is 0.878. The van der Waals surface area contributed by atoms with Gasteiger partial charge < -0.3 is 15.3 Å². The maximum absolute atomic E-state index is 11.7. The zero-order chi connectivity index (χ0) is 14.0. The Kier molecular flexibility index (Phi) is 3.80. The fraction of sp³-hybridized carbons (Fsp3) is 0.533. The minimum atomic E-state index is -0.846. The molecular weight excluding hydrogens is 240 g/mol. The van der Waals surface area contributed by atoms with Gasteiger partial charge >= 0.3 is 5.97 Å². The van der Waals surface area contributed by atoms with E-state index < -0.39 is 11.5 Å². The van der Waals surface area contributed by atoms with E-state index >= 15 is 0 Å². The van der Waals surface area contributed by atoms with E-state index in [1.807, 2.05) is 38.2 Å². The number of aryl methyl sites for hydroxylation is 1. The van der Waals surface area contributed by atoms with E-state index in [2.05, 4.69) is 17.1 Å². The van der Waals surface area contributed by atoms with Gasteiger partial charge in [0.25, 0.3) is 0 Å². The lowest BCUT2D eigenvalue weighted by Gasteiger charge is -2.42. The van der Waals surface area contributed by atoms with Crippen molar-refractivity contribution in [2.24, 2.45) is 0 Å². The number of aliphatic carboxylic acids is 1. The lowest BCUT2D eigenvalue weighted by molar-refractivity contribution is -0.144. The molecule has 1 fully saturated rings. The molecule has 104 valence electrons. The predicted molar refractivity (Wildman–Crippen MR) is 76.5 cm³/mol. The first-order valence-corrected chi connectivity index (χ1v) is 6.71. The molecule has 4 heteroatoms. The Labute approximate surface area is 114 Å². The Balaban J connectivity index is 2.21. The second-order valence-corrected chi connectivity index (χ2v) is 5.66. The molecular formula is C15H22N2O2. The van der Waals surface area contributed by atoms with Crippen molar-refractivity contribution >= 4 is 11.7 Å². The van der Waals surface area contributed by atoms with E-state index in [9.17, 15) is 9.90 Å². The number of anilines is 1. The van der Waals surface area contributed by atoms with Crippen molar-refractivity contribution in [1.29, 1.82) is 0 Å². The minimum Gasteiger partial charge on any atom is -0.480 e. The number of carboxylic acid groups (broad SMARTS) is 1. The molecule has 1 aliphatic rings. The van der Waals surface area contributed by atoms with Crippen LogP contribution in [-0.4, -0.2) is 41.1 Å². The van der Waals surface area contributed by atoms with Crippen LogP contribution in [0.3, 0.4) is 0 Å². The van der Waals surface area contributed by atoms with Crippen LogP contribution in [0.1, 0.15) is 25.3 Å². The number of rotatable bonds is 3. The monoisotopic (exact) mass is 262 g/mol. The van der Waals surface area contributed by atoms with Crippen molar-refractivity contribution in [2.75, 3.05) is 18.9 Å². The molecule has 1 aromatic carbocycles. The first-order valence-electron chi connectivity index (χ1n) is 6.71. The van der Waals surface area contributed by atoms with Crippen LogP contribution in [0.2, 0.25) is 0 Å². The molecule has 2 unspecified atom stereocenters. The van der Waals surface area contributed by atoms with Gasteiger partial charge in [-0.2, -0.15) is 0 Å². The average Bonchev–Trinajstić information content (AvgIpc) is 2.37. The third kappa shape index (κ3) is 2.89. The Morgan fingerprint density at radius 3 is 2.58 bits per heavy atom. The Hall–Kier alpha value is -1.55. The topological polar surface area (TPSA) is 52.6 Å². The molecule has 0 aliphatic carbocycles. The van der Waals surface area contributed by atoms with Crippen LogP contribution in [0.25, 0.3) is 0 Å². The molecule has 4 nitrogen and oxygen atoms in total. The van der Waals surface area contributed by atoms with Gasteiger partial charge in [-0.05, 0) is 45.9 Å². The lowest BCUT2D eigenvalue weighted by Crippen LogP contribution is -2.56. The maximum atomic E-state index is 11.7. The summed E-state index contributed by atoms with van der Waals surface area (Å²) in [6, 6.07) is 8.15. The molecule has 1 aliphatic heterocycles. The Bertz CT molecular complexity index is 458. The molecule has 19 heavy (non-hydrogen) atoms. The molecule has 2 rings (SSSR count). The summed E-state index contributed by atoms with van der Waals surface area (Å²) in [5, 5.41) is 12.9. The molecule has 0 amide bonds. The maximum Gasteiger partial charge on any atom is 0.329 e. The first kappa shape index (κ1) is 13.9.